The van der Waals surface area contributed by atoms with Gasteiger partial charge in [-0.2, -0.15) is 5.10 Å². The number of fused-ring (bicyclic) bond motifs is 1. The van der Waals surface area contributed by atoms with E-state index in [4.69, 9.17) is 0 Å². The third-order valence-corrected chi connectivity index (χ3v) is 5.59. The molecule has 0 bridgehead atoms. The van der Waals surface area contributed by atoms with Crippen LogP contribution in [0.5, 0.6) is 0 Å². The summed E-state index contributed by atoms with van der Waals surface area (Å²) >= 11 is 0. The van der Waals surface area contributed by atoms with Crippen LogP contribution in [0, 0.1) is 0 Å². The maximum absolute atomic E-state index is 12.3. The van der Waals surface area contributed by atoms with Gasteiger partial charge in [0, 0.05) is 36.5 Å². The van der Waals surface area contributed by atoms with Crippen LogP contribution in [-0.2, 0) is 17.6 Å². The normalized spacial score (nSPS) is 18.2. The van der Waals surface area contributed by atoms with Crippen LogP contribution in [0.1, 0.15) is 48.4 Å². The first-order valence-electron chi connectivity index (χ1n) is 9.41. The fraction of sp³-hybridized carbons (Fsp3) is 0.500. The third kappa shape index (κ3) is 3.93. The highest BCUT2D eigenvalue weighted by Gasteiger charge is 2.21. The smallest absolute Gasteiger partial charge is 0.225 e. The zero-order valence-electron chi connectivity index (χ0n) is 14.6. The molecule has 2 heterocycles. The molecule has 2 aromatic rings. The van der Waals surface area contributed by atoms with Crippen molar-refractivity contribution in [2.45, 2.75) is 44.4 Å². The Balaban J connectivity index is 1.22. The van der Waals surface area contributed by atoms with E-state index in [1.807, 2.05) is 12.3 Å². The number of nitrogens with one attached hydrogen (secondary N) is 2. The van der Waals surface area contributed by atoms with Crippen molar-refractivity contribution in [2.24, 2.45) is 0 Å². The molecule has 0 atom stereocenters. The number of carbonyl (C=O) groups is 1. The lowest BCUT2D eigenvalue weighted by Gasteiger charge is -2.31. The topological polar surface area (TPSA) is 61.0 Å². The van der Waals surface area contributed by atoms with Crippen LogP contribution in [0.2, 0.25) is 0 Å². The van der Waals surface area contributed by atoms with E-state index >= 15 is 0 Å². The highest BCUT2D eigenvalue weighted by Crippen LogP contribution is 2.27. The second-order valence-corrected chi connectivity index (χ2v) is 7.26. The third-order valence-electron chi connectivity index (χ3n) is 5.59. The zero-order valence-corrected chi connectivity index (χ0v) is 14.6. The van der Waals surface area contributed by atoms with Gasteiger partial charge in [0.15, 0.2) is 0 Å². The average molecular weight is 338 g/mol. The number of rotatable bonds is 5. The molecule has 1 aliphatic carbocycles. The lowest BCUT2D eigenvalue weighted by Crippen LogP contribution is -2.35. The molecule has 1 fully saturated rings. The number of benzene rings is 1. The van der Waals surface area contributed by atoms with Crippen molar-refractivity contribution in [3.8, 4) is 0 Å². The van der Waals surface area contributed by atoms with Crippen LogP contribution in [0.3, 0.4) is 0 Å². The van der Waals surface area contributed by atoms with Crippen LogP contribution in [-0.4, -0.2) is 40.6 Å². The minimum absolute atomic E-state index is 0.119. The van der Waals surface area contributed by atoms with E-state index in [1.165, 1.54) is 29.7 Å². The summed E-state index contributed by atoms with van der Waals surface area (Å²) in [4.78, 5) is 14.7. The van der Waals surface area contributed by atoms with E-state index in [9.17, 15) is 4.79 Å². The second kappa shape index (κ2) is 7.40. The van der Waals surface area contributed by atoms with Crippen LogP contribution in [0.15, 0.2) is 30.5 Å². The molecule has 5 nitrogen and oxygen atoms in total. The number of piperidine rings is 1. The maximum atomic E-state index is 12.3. The largest absolute Gasteiger partial charge is 0.326 e. The fourth-order valence-electron chi connectivity index (χ4n) is 4.09. The van der Waals surface area contributed by atoms with Gasteiger partial charge in [-0.15, -0.1) is 0 Å². The molecule has 2 N–H and O–H groups in total. The Hall–Kier alpha value is -2.14. The molecule has 1 saturated heterocycles. The summed E-state index contributed by atoms with van der Waals surface area (Å²) in [6, 6.07) is 8.43. The number of carbonyl (C=O) groups excluding carboxylic acids is 1. The summed E-state index contributed by atoms with van der Waals surface area (Å²) < 4.78 is 0. The SMILES string of the molecule is O=C(CCN1CCC(c2ccn[nH]2)CC1)Nc1ccc2c(c1)CCC2. The Kier molecular flexibility index (Phi) is 4.83. The minimum atomic E-state index is 0.119. The maximum Gasteiger partial charge on any atom is 0.225 e. The van der Waals surface area contributed by atoms with E-state index in [0.717, 1.165) is 44.6 Å². The van der Waals surface area contributed by atoms with Gasteiger partial charge in [0.25, 0.3) is 0 Å². The van der Waals surface area contributed by atoms with Gasteiger partial charge in [0.2, 0.25) is 5.91 Å². The van der Waals surface area contributed by atoms with Gasteiger partial charge in [-0.1, -0.05) is 6.07 Å². The van der Waals surface area contributed by atoms with E-state index in [0.29, 0.717) is 12.3 Å². The molecule has 5 heteroatoms. The number of amides is 1. The first-order valence-corrected chi connectivity index (χ1v) is 9.41. The summed E-state index contributed by atoms with van der Waals surface area (Å²) in [7, 11) is 0. The van der Waals surface area contributed by atoms with E-state index in [-0.39, 0.29) is 5.91 Å². The number of hydrogen-bond acceptors (Lipinski definition) is 3. The summed E-state index contributed by atoms with van der Waals surface area (Å²) in [5.74, 6) is 0.702. The van der Waals surface area contributed by atoms with Crippen molar-refractivity contribution >= 4 is 11.6 Å². The van der Waals surface area contributed by atoms with E-state index in [2.05, 4.69) is 38.6 Å². The molecule has 1 aromatic heterocycles. The minimum Gasteiger partial charge on any atom is -0.326 e. The number of nitrogens with zero attached hydrogens (tertiary/aromatic N) is 2. The lowest BCUT2D eigenvalue weighted by molar-refractivity contribution is -0.116. The first-order chi connectivity index (χ1) is 12.3. The van der Waals surface area contributed by atoms with Crippen LogP contribution < -0.4 is 5.32 Å². The van der Waals surface area contributed by atoms with Gasteiger partial charge in [-0.25, -0.2) is 0 Å². The molecular weight excluding hydrogens is 312 g/mol. The number of H-pyrrole nitrogens is 1. The molecule has 2 aliphatic rings. The average Bonchev–Trinajstić information content (AvgIpc) is 3.32. The molecule has 25 heavy (non-hydrogen) atoms. The Bertz CT molecular complexity index is 717. The predicted molar refractivity (Wildman–Crippen MR) is 98.7 cm³/mol. The number of aromatic nitrogens is 2. The molecule has 132 valence electrons. The van der Waals surface area contributed by atoms with Crippen molar-refractivity contribution in [2.75, 3.05) is 25.0 Å². The highest BCUT2D eigenvalue weighted by molar-refractivity contribution is 5.91. The Morgan fingerprint density at radius 3 is 2.84 bits per heavy atom. The number of anilines is 1. The summed E-state index contributed by atoms with van der Waals surface area (Å²) in [6.45, 7) is 2.94. The monoisotopic (exact) mass is 338 g/mol. The molecule has 0 saturated carbocycles. The van der Waals surface area contributed by atoms with Crippen molar-refractivity contribution in [3.63, 3.8) is 0 Å². The molecule has 1 amide bonds. The Labute approximate surface area is 148 Å². The number of aromatic amines is 1. The molecule has 0 spiro atoms. The van der Waals surface area contributed by atoms with Crippen molar-refractivity contribution in [1.29, 1.82) is 0 Å². The second-order valence-electron chi connectivity index (χ2n) is 7.26. The van der Waals surface area contributed by atoms with Gasteiger partial charge < -0.3 is 10.2 Å². The molecule has 4 rings (SSSR count). The number of likely N-dealkylation sites (tertiary alicyclic amines) is 1. The van der Waals surface area contributed by atoms with Gasteiger partial charge in [0.1, 0.15) is 0 Å². The molecule has 1 aromatic carbocycles. The summed E-state index contributed by atoms with van der Waals surface area (Å²) in [5.41, 5.74) is 5.04. The number of aryl methyl sites for hydroxylation is 2. The quantitative estimate of drug-likeness (QED) is 0.880. The van der Waals surface area contributed by atoms with Crippen molar-refractivity contribution in [1.82, 2.24) is 15.1 Å². The molecule has 0 unspecified atom stereocenters. The predicted octanol–water partition coefficient (Wildman–Crippen LogP) is 3.11. The standard InChI is InChI=1S/C20H26N4O/c25-20(22-18-5-4-15-2-1-3-17(15)14-18)9-13-24-11-7-16(8-12-24)19-6-10-21-23-19/h4-6,10,14,16H,1-3,7-9,11-13H2,(H,21,23)(H,22,25). The first kappa shape index (κ1) is 16.3. The van der Waals surface area contributed by atoms with Gasteiger partial charge in [-0.3, -0.25) is 9.89 Å². The van der Waals surface area contributed by atoms with Crippen LogP contribution in [0.25, 0.3) is 0 Å². The van der Waals surface area contributed by atoms with Gasteiger partial charge >= 0.3 is 0 Å². The van der Waals surface area contributed by atoms with Crippen molar-refractivity contribution in [3.05, 3.63) is 47.3 Å². The van der Waals surface area contributed by atoms with E-state index < -0.39 is 0 Å². The Morgan fingerprint density at radius 1 is 1.20 bits per heavy atom. The van der Waals surface area contributed by atoms with Crippen LogP contribution >= 0.6 is 0 Å². The van der Waals surface area contributed by atoms with E-state index in [1.54, 1.807) is 0 Å². The zero-order chi connectivity index (χ0) is 17.1. The fourth-order valence-corrected chi connectivity index (χ4v) is 4.09. The Morgan fingerprint density at radius 2 is 2.04 bits per heavy atom. The molecule has 1 aliphatic heterocycles. The lowest BCUT2D eigenvalue weighted by atomic mass is 9.93. The van der Waals surface area contributed by atoms with Gasteiger partial charge in [-0.05, 0) is 74.5 Å². The van der Waals surface area contributed by atoms with Crippen molar-refractivity contribution < 1.29 is 4.79 Å². The number of hydrogen-bond donors (Lipinski definition) is 2. The molecular formula is C20H26N4O. The van der Waals surface area contributed by atoms with Gasteiger partial charge in [0.05, 0.1) is 0 Å². The molecule has 0 radical (unpaired) electrons. The van der Waals surface area contributed by atoms with Crippen LogP contribution in [0.4, 0.5) is 5.69 Å². The summed E-state index contributed by atoms with van der Waals surface area (Å²) in [6.07, 6.45) is 8.21. The summed E-state index contributed by atoms with van der Waals surface area (Å²) in [5, 5.41) is 10.2. The highest BCUT2D eigenvalue weighted by atomic mass is 16.1.